The number of aryl methyl sites for hydroxylation is 1. The van der Waals surface area contributed by atoms with Crippen LogP contribution in [0.15, 0.2) is 18.2 Å². The topological polar surface area (TPSA) is 55.4 Å². The van der Waals surface area contributed by atoms with Crippen molar-refractivity contribution in [2.45, 2.75) is 59.1 Å². The number of rotatable bonds is 4. The Morgan fingerprint density at radius 3 is 2.67 bits per heavy atom. The average Bonchev–Trinajstić information content (AvgIpc) is 2.54. The number of benzene rings is 1. The molecule has 1 N–H and O–H groups in total. The van der Waals surface area contributed by atoms with E-state index >= 15 is 0 Å². The van der Waals surface area contributed by atoms with Crippen LogP contribution < -0.4 is 5.32 Å². The molecule has 1 aromatic rings. The number of hydrogen-bond donors (Lipinski definition) is 1. The average molecular weight is 335 g/mol. The van der Waals surface area contributed by atoms with Gasteiger partial charge >= 0.3 is 5.97 Å². The van der Waals surface area contributed by atoms with Crippen LogP contribution in [-0.4, -0.2) is 24.0 Å². The lowest BCUT2D eigenvalue weighted by Gasteiger charge is -2.35. The van der Waals surface area contributed by atoms with E-state index in [1.165, 1.54) is 25.5 Å². The smallest absolute Gasteiger partial charge is 0.339 e. The Labute approximate surface area is 142 Å². The zero-order valence-electron chi connectivity index (χ0n) is 14.8. The van der Waals surface area contributed by atoms with Crippen molar-refractivity contribution >= 4 is 11.9 Å². The molecular weight excluding hydrogens is 309 g/mol. The molecule has 4 nitrogen and oxygen atoms in total. The van der Waals surface area contributed by atoms with E-state index in [4.69, 9.17) is 4.74 Å². The third kappa shape index (κ3) is 4.34. The predicted octanol–water partition coefficient (Wildman–Crippen LogP) is 3.62. The van der Waals surface area contributed by atoms with Gasteiger partial charge in [0.25, 0.3) is 5.91 Å². The van der Waals surface area contributed by atoms with E-state index in [9.17, 15) is 14.0 Å². The third-order valence-electron chi connectivity index (χ3n) is 5.10. The molecule has 0 saturated heterocycles. The molecule has 1 saturated carbocycles. The minimum atomic E-state index is -0.911. The molecule has 0 aliphatic heterocycles. The summed E-state index contributed by atoms with van der Waals surface area (Å²) in [5.74, 6) is -0.496. The van der Waals surface area contributed by atoms with Crippen molar-refractivity contribution in [3.05, 3.63) is 35.1 Å². The molecule has 0 aromatic heterocycles. The number of nitrogens with one attached hydrogen (secondary N) is 1. The summed E-state index contributed by atoms with van der Waals surface area (Å²) in [4.78, 5) is 24.4. The molecule has 1 fully saturated rings. The fraction of sp³-hybridized carbons (Fsp3) is 0.579. The Hall–Kier alpha value is -1.91. The maximum absolute atomic E-state index is 13.5. The van der Waals surface area contributed by atoms with E-state index in [0.717, 1.165) is 18.9 Å². The van der Waals surface area contributed by atoms with Gasteiger partial charge in [-0.25, -0.2) is 9.18 Å². The van der Waals surface area contributed by atoms with Crippen LogP contribution in [0.25, 0.3) is 0 Å². The molecule has 0 bridgehead atoms. The highest BCUT2D eigenvalue weighted by atomic mass is 19.1. The number of amides is 1. The molecule has 0 unspecified atom stereocenters. The summed E-state index contributed by atoms with van der Waals surface area (Å²) >= 11 is 0. The van der Waals surface area contributed by atoms with E-state index in [1.54, 1.807) is 6.92 Å². The number of ether oxygens (including phenoxy) is 1. The first kappa shape index (κ1) is 18.4. The van der Waals surface area contributed by atoms with Crippen LogP contribution in [0.2, 0.25) is 0 Å². The van der Waals surface area contributed by atoms with Crippen LogP contribution in [0.4, 0.5) is 4.39 Å². The molecule has 1 aliphatic carbocycles. The van der Waals surface area contributed by atoms with Crippen LogP contribution in [-0.2, 0) is 9.53 Å². The van der Waals surface area contributed by atoms with E-state index in [2.05, 4.69) is 19.2 Å². The van der Waals surface area contributed by atoms with Crippen molar-refractivity contribution in [2.24, 2.45) is 11.8 Å². The van der Waals surface area contributed by atoms with Gasteiger partial charge in [-0.15, -0.1) is 0 Å². The normalized spacial score (nSPS) is 25.0. The van der Waals surface area contributed by atoms with Crippen molar-refractivity contribution < 1.29 is 18.7 Å². The molecule has 0 spiro atoms. The van der Waals surface area contributed by atoms with Crippen LogP contribution in [0.1, 0.15) is 56.0 Å². The molecule has 0 heterocycles. The Morgan fingerprint density at radius 2 is 2.00 bits per heavy atom. The largest absolute Gasteiger partial charge is 0.449 e. The van der Waals surface area contributed by atoms with Gasteiger partial charge in [0.05, 0.1) is 5.56 Å². The van der Waals surface area contributed by atoms with Gasteiger partial charge in [0.1, 0.15) is 5.82 Å². The van der Waals surface area contributed by atoms with E-state index in [0.29, 0.717) is 17.4 Å². The molecule has 0 radical (unpaired) electrons. The summed E-state index contributed by atoms with van der Waals surface area (Å²) in [6, 6.07) is 4.25. The SMILES string of the molecule is Cc1ccc(C(=O)O[C@H](C)C(=O)N[C@H]2CCC[C@H](C)[C@@H]2C)cc1F. The van der Waals surface area contributed by atoms with Gasteiger partial charge < -0.3 is 10.1 Å². The summed E-state index contributed by atoms with van der Waals surface area (Å²) in [6.45, 7) is 7.49. The minimum absolute atomic E-state index is 0.109. The lowest BCUT2D eigenvalue weighted by molar-refractivity contribution is -0.130. The second kappa shape index (κ2) is 7.77. The van der Waals surface area contributed by atoms with Crippen molar-refractivity contribution in [3.8, 4) is 0 Å². The van der Waals surface area contributed by atoms with Gasteiger partial charge in [-0.05, 0) is 49.8 Å². The minimum Gasteiger partial charge on any atom is -0.449 e. The Morgan fingerprint density at radius 1 is 1.29 bits per heavy atom. The molecule has 4 atom stereocenters. The first-order valence-corrected chi connectivity index (χ1v) is 8.57. The molecule has 1 aliphatic rings. The molecule has 132 valence electrons. The zero-order valence-corrected chi connectivity index (χ0v) is 14.8. The predicted molar refractivity (Wildman–Crippen MR) is 90.1 cm³/mol. The zero-order chi connectivity index (χ0) is 17.9. The Bertz CT molecular complexity index is 617. The molecule has 1 amide bonds. The number of carbonyl (C=O) groups is 2. The summed E-state index contributed by atoms with van der Waals surface area (Å²) in [5, 5.41) is 2.99. The highest BCUT2D eigenvalue weighted by Crippen LogP contribution is 2.29. The van der Waals surface area contributed by atoms with Crippen LogP contribution in [0, 0.1) is 24.6 Å². The van der Waals surface area contributed by atoms with Gasteiger partial charge in [-0.1, -0.05) is 32.8 Å². The van der Waals surface area contributed by atoms with Crippen molar-refractivity contribution in [1.82, 2.24) is 5.32 Å². The van der Waals surface area contributed by atoms with Gasteiger partial charge in [-0.3, -0.25) is 4.79 Å². The third-order valence-corrected chi connectivity index (χ3v) is 5.10. The highest BCUT2D eigenvalue weighted by Gasteiger charge is 2.30. The second-order valence-electron chi connectivity index (χ2n) is 6.89. The number of carbonyl (C=O) groups excluding carboxylic acids is 2. The maximum Gasteiger partial charge on any atom is 0.339 e. The quantitative estimate of drug-likeness (QED) is 0.855. The Balaban J connectivity index is 1.93. The van der Waals surface area contributed by atoms with E-state index < -0.39 is 17.9 Å². The number of halogens is 1. The van der Waals surface area contributed by atoms with Crippen molar-refractivity contribution in [3.63, 3.8) is 0 Å². The van der Waals surface area contributed by atoms with Crippen LogP contribution in [0.3, 0.4) is 0 Å². The number of hydrogen-bond acceptors (Lipinski definition) is 3. The van der Waals surface area contributed by atoms with Crippen LogP contribution >= 0.6 is 0 Å². The molecule has 2 rings (SSSR count). The lowest BCUT2D eigenvalue weighted by Crippen LogP contribution is -2.47. The van der Waals surface area contributed by atoms with E-state index in [-0.39, 0.29) is 17.5 Å². The lowest BCUT2D eigenvalue weighted by atomic mass is 9.78. The van der Waals surface area contributed by atoms with Crippen molar-refractivity contribution in [1.29, 1.82) is 0 Å². The fourth-order valence-corrected chi connectivity index (χ4v) is 3.09. The molecular formula is C19H26FNO3. The standard InChI is InChI=1S/C19H26FNO3/c1-11-6-5-7-17(13(11)3)21-18(22)14(4)24-19(23)15-9-8-12(2)16(20)10-15/h8-11,13-14,17H,5-7H2,1-4H3,(H,21,22)/t11-,13-,14+,17-/m0/s1. The summed E-state index contributed by atoms with van der Waals surface area (Å²) in [5.41, 5.74) is 0.565. The van der Waals surface area contributed by atoms with Gasteiger partial charge in [0, 0.05) is 6.04 Å². The molecule has 5 heteroatoms. The van der Waals surface area contributed by atoms with Crippen LogP contribution in [0.5, 0.6) is 0 Å². The summed E-state index contributed by atoms with van der Waals surface area (Å²) in [6.07, 6.45) is 2.30. The summed E-state index contributed by atoms with van der Waals surface area (Å²) in [7, 11) is 0. The van der Waals surface area contributed by atoms with Gasteiger partial charge in [-0.2, -0.15) is 0 Å². The molecule has 24 heavy (non-hydrogen) atoms. The van der Waals surface area contributed by atoms with Gasteiger partial charge in [0.15, 0.2) is 6.10 Å². The van der Waals surface area contributed by atoms with E-state index in [1.807, 2.05) is 0 Å². The fourth-order valence-electron chi connectivity index (χ4n) is 3.09. The number of esters is 1. The molecule has 1 aromatic carbocycles. The maximum atomic E-state index is 13.5. The van der Waals surface area contributed by atoms with Gasteiger partial charge in [0.2, 0.25) is 0 Å². The second-order valence-corrected chi connectivity index (χ2v) is 6.89. The highest BCUT2D eigenvalue weighted by molar-refractivity contribution is 5.92. The van der Waals surface area contributed by atoms with Crippen molar-refractivity contribution in [2.75, 3.05) is 0 Å². The Kier molecular flexibility index (Phi) is 5.97. The first-order valence-electron chi connectivity index (χ1n) is 8.57. The summed E-state index contributed by atoms with van der Waals surface area (Å²) < 4.78 is 18.7. The first-order chi connectivity index (χ1) is 11.3. The monoisotopic (exact) mass is 335 g/mol.